The first-order valence-electron chi connectivity index (χ1n) is 14.1. The Bertz CT molecular complexity index is 1080. The van der Waals surface area contributed by atoms with Gasteiger partial charge in [-0.15, -0.1) is 10.2 Å². The minimum Gasteiger partial charge on any atom is -0.493 e. The third-order valence-corrected chi connectivity index (χ3v) is 12.0. The number of nitrogens with zero attached hydrogens (tertiary/aromatic N) is 1. The zero-order valence-electron chi connectivity index (χ0n) is 26.8. The Hall–Kier alpha value is -0.641. The maximum absolute atomic E-state index is 15.2. The molecule has 182 valence electrons. The van der Waals surface area contributed by atoms with Gasteiger partial charge >= 0.3 is 0 Å². The number of fused-ring (bicyclic) bond motifs is 3. The summed E-state index contributed by atoms with van der Waals surface area (Å²) in [7, 11) is 36.0. The average Bonchev–Trinajstić information content (AvgIpc) is 2.77. The van der Waals surface area contributed by atoms with Crippen LogP contribution in [-0.4, -0.2) is 147 Å². The smallest absolute Gasteiger partial charge is 0.161 e. The van der Waals surface area contributed by atoms with E-state index in [0.29, 0.717) is 5.78 Å². The van der Waals surface area contributed by atoms with Crippen molar-refractivity contribution in [2.45, 2.75) is 49.1 Å². The molecule has 0 N–H and O–H groups in total. The molecule has 1 fully saturated rings. The van der Waals surface area contributed by atoms with Crippen LogP contribution in [0.2, 0.25) is 31.3 Å². The first-order valence-corrected chi connectivity index (χ1v) is 14.1. The highest BCUT2D eigenvalue weighted by Crippen LogP contribution is 2.78. The lowest BCUT2D eigenvalue weighted by Gasteiger charge is -2.75. The van der Waals surface area contributed by atoms with Gasteiger partial charge in [0.2, 0.25) is 0 Å². The summed E-state index contributed by atoms with van der Waals surface area (Å²) >= 11 is 0. The number of carbonyl (C=O) groups excluding carboxylic acids is 1. The quantitative estimate of drug-likeness (QED) is 0.378. The SMILES string of the molecule is BC1(B)C(=O)C(B)(C(B)(B)C(B)(C(B)(B)B)C(B)(B)B)C(B)(B)N2CCc3cc(OC)c(OC)cc3C21. The van der Waals surface area contributed by atoms with Gasteiger partial charge < -0.3 is 19.2 Å². The molecule has 2 heterocycles. The Kier molecular flexibility index (Phi) is 7.46. The molecule has 3 rings (SSSR count). The van der Waals surface area contributed by atoms with Gasteiger partial charge in [0.25, 0.3) is 0 Å². The Balaban J connectivity index is 2.33. The van der Waals surface area contributed by atoms with Crippen molar-refractivity contribution < 1.29 is 14.3 Å². The van der Waals surface area contributed by atoms with Crippen molar-refractivity contribution in [3.05, 3.63) is 23.3 Å². The maximum atomic E-state index is 15.2. The number of piperidine rings is 1. The van der Waals surface area contributed by atoms with Crippen LogP contribution in [0.25, 0.3) is 0 Å². The molecule has 2 unspecified atom stereocenters. The Labute approximate surface area is 238 Å². The summed E-state index contributed by atoms with van der Waals surface area (Å²) in [4.78, 5) is 17.8. The summed E-state index contributed by atoms with van der Waals surface area (Å²) in [5.41, 5.74) is 2.46. The van der Waals surface area contributed by atoms with Crippen molar-refractivity contribution >= 4 is 116 Å². The van der Waals surface area contributed by atoms with Gasteiger partial charge in [-0.2, -0.15) is 0 Å². The zero-order valence-corrected chi connectivity index (χ0v) is 26.8. The minimum atomic E-state index is -0.608. The number of ketones is 1. The Morgan fingerprint density at radius 2 is 1.30 bits per heavy atom. The van der Waals surface area contributed by atoms with Gasteiger partial charge in [0.15, 0.2) is 11.5 Å². The van der Waals surface area contributed by atoms with E-state index in [4.69, 9.17) is 9.47 Å². The van der Waals surface area contributed by atoms with Crippen molar-refractivity contribution in [2.75, 3.05) is 20.8 Å². The van der Waals surface area contributed by atoms with Crippen LogP contribution in [0.5, 0.6) is 11.5 Å². The van der Waals surface area contributed by atoms with Crippen LogP contribution < -0.4 is 9.47 Å². The molecule has 1 aromatic carbocycles. The monoisotopic (exact) mass is 485 g/mol. The molecule has 1 saturated heterocycles. The van der Waals surface area contributed by atoms with E-state index in [1.807, 2.05) is 0 Å². The van der Waals surface area contributed by atoms with E-state index >= 15 is 4.79 Å². The molecule has 0 spiro atoms. The lowest BCUT2D eigenvalue weighted by Crippen LogP contribution is -2.75. The van der Waals surface area contributed by atoms with Crippen LogP contribution in [0.15, 0.2) is 12.1 Å². The Morgan fingerprint density at radius 3 is 1.73 bits per heavy atom. The van der Waals surface area contributed by atoms with Crippen LogP contribution in [0, 0.1) is 0 Å². The highest BCUT2D eigenvalue weighted by atomic mass is 16.5. The van der Waals surface area contributed by atoms with Crippen molar-refractivity contribution in [1.29, 1.82) is 0 Å². The summed E-state index contributed by atoms with van der Waals surface area (Å²) in [5.74, 6) is 1.84. The number of Topliss-reactive ketones (excluding diaryl/α,β-unsaturated/α-hetero) is 1. The number of ether oxygens (including phenoxy) is 2. The van der Waals surface area contributed by atoms with Crippen molar-refractivity contribution in [3.63, 3.8) is 0 Å². The van der Waals surface area contributed by atoms with Gasteiger partial charge in [-0.05, 0) is 45.5 Å². The average molecular weight is 483 g/mol. The van der Waals surface area contributed by atoms with E-state index < -0.39 is 10.5 Å². The van der Waals surface area contributed by atoms with Gasteiger partial charge in [0.05, 0.1) is 77.0 Å². The minimum absolute atomic E-state index is 0.0203. The molecule has 0 saturated carbocycles. The first-order chi connectivity index (χ1) is 16.5. The normalized spacial score (nSPS) is 26.0. The number of hydrogen-bond donors (Lipinski definition) is 0. The standard InChI is InChI=1S/C19H41B14NO3/c1-36-9-5-7-3-4-34-11(8(7)6-10(9)37-2)13(20,21)12(35)14(22,19(34,32)33)16(24,25)15(23,17(26,27)28)18(29,30)31/h5-6,11H,3-4,20-33H2,1-2H3. The highest BCUT2D eigenvalue weighted by molar-refractivity contribution is 6.74. The fraction of sp³-hybridized carbons (Fsp3) is 0.632. The fourth-order valence-corrected chi connectivity index (χ4v) is 9.21. The highest BCUT2D eigenvalue weighted by Gasteiger charge is 2.71. The molecule has 0 aliphatic carbocycles. The molecule has 37 heavy (non-hydrogen) atoms. The number of benzene rings is 1. The molecule has 18 heteroatoms. The number of rotatable bonds is 6. The van der Waals surface area contributed by atoms with E-state index in [-0.39, 0.29) is 32.1 Å². The van der Waals surface area contributed by atoms with Crippen LogP contribution in [0.3, 0.4) is 0 Å². The third kappa shape index (κ3) is 3.83. The predicted octanol–water partition coefficient (Wildman–Crippen LogP) is -10.6. The second kappa shape index (κ2) is 8.93. The largest absolute Gasteiger partial charge is 0.493 e. The van der Waals surface area contributed by atoms with Crippen molar-refractivity contribution in [1.82, 2.24) is 4.90 Å². The van der Waals surface area contributed by atoms with E-state index in [2.05, 4.69) is 127 Å². The van der Waals surface area contributed by atoms with Gasteiger partial charge in [-0.25, -0.2) is 0 Å². The molecule has 0 radical (unpaired) electrons. The second-order valence-corrected chi connectivity index (χ2v) is 15.7. The van der Waals surface area contributed by atoms with Crippen molar-refractivity contribution in [2.24, 2.45) is 0 Å². The summed E-state index contributed by atoms with van der Waals surface area (Å²) in [6, 6.07) is 4.21. The van der Waals surface area contributed by atoms with E-state index in [0.717, 1.165) is 24.5 Å². The molecule has 0 bridgehead atoms. The number of hydrogen-bond acceptors (Lipinski definition) is 4. The van der Waals surface area contributed by atoms with Crippen LogP contribution >= 0.6 is 0 Å². The molecule has 0 amide bonds. The summed E-state index contributed by atoms with van der Waals surface area (Å²) in [6.07, 6.45) is 0.923. The van der Waals surface area contributed by atoms with Crippen LogP contribution in [-0.2, 0) is 11.2 Å². The van der Waals surface area contributed by atoms with E-state index in [1.54, 1.807) is 14.2 Å². The fourth-order valence-electron chi connectivity index (χ4n) is 9.21. The molecule has 1 aromatic rings. The Morgan fingerprint density at radius 1 is 0.838 bits per heavy atom. The van der Waals surface area contributed by atoms with Crippen LogP contribution in [0.1, 0.15) is 17.2 Å². The van der Waals surface area contributed by atoms with Gasteiger partial charge in [0, 0.05) is 12.6 Å². The molecule has 0 aromatic heterocycles. The second-order valence-electron chi connectivity index (χ2n) is 15.7. The first kappa shape index (κ1) is 30.9. The van der Waals surface area contributed by atoms with Gasteiger partial charge in [0.1, 0.15) is 52.9 Å². The van der Waals surface area contributed by atoms with Crippen LogP contribution in [0.4, 0.5) is 0 Å². The lowest BCUT2D eigenvalue weighted by molar-refractivity contribution is -0.133. The molecule has 2 aliphatic heterocycles. The molecule has 2 aliphatic rings. The number of methoxy groups -OCH3 is 2. The van der Waals surface area contributed by atoms with Crippen molar-refractivity contribution in [3.8, 4) is 11.5 Å². The lowest BCUT2D eigenvalue weighted by atomic mass is 9.03. The van der Waals surface area contributed by atoms with E-state index in [9.17, 15) is 0 Å². The van der Waals surface area contributed by atoms with Gasteiger partial charge in [-0.3, -0.25) is 0 Å². The predicted molar refractivity (Wildman–Crippen MR) is 196 cm³/mol. The summed E-state index contributed by atoms with van der Waals surface area (Å²) in [6.45, 7) is 0.907. The molecular formula is C19H41B14NO3. The topological polar surface area (TPSA) is 38.8 Å². The van der Waals surface area contributed by atoms with E-state index in [1.165, 1.54) is 11.1 Å². The molecule has 2 atom stereocenters. The number of carbonyl (C=O) groups is 1. The summed E-state index contributed by atoms with van der Waals surface area (Å²) in [5, 5.41) is -2.09. The third-order valence-electron chi connectivity index (χ3n) is 12.0. The molecule has 4 nitrogen and oxygen atoms in total. The zero-order chi connectivity index (χ0) is 28.8. The summed E-state index contributed by atoms with van der Waals surface area (Å²) < 4.78 is 11.3. The van der Waals surface area contributed by atoms with Gasteiger partial charge in [-0.1, -0.05) is 10.5 Å². The maximum Gasteiger partial charge on any atom is 0.161 e. The molecular weight excluding hydrogens is 442 g/mol.